The Morgan fingerprint density at radius 1 is 1.50 bits per heavy atom. The molecule has 7 nitrogen and oxygen atoms in total. The minimum Gasteiger partial charge on any atom is -0.480 e. The van der Waals surface area contributed by atoms with Gasteiger partial charge >= 0.3 is 12.1 Å². The molecule has 0 bridgehead atoms. The van der Waals surface area contributed by atoms with E-state index in [4.69, 9.17) is 9.84 Å². The van der Waals surface area contributed by atoms with Crippen molar-refractivity contribution in [2.24, 2.45) is 5.92 Å². The van der Waals surface area contributed by atoms with E-state index in [1.54, 1.807) is 0 Å². The number of carboxylic acid groups (broad SMARTS) is 1. The summed E-state index contributed by atoms with van der Waals surface area (Å²) in [7, 11) is -3.79. The number of carbonyl (C=O) groups is 2. The summed E-state index contributed by atoms with van der Waals surface area (Å²) in [6.45, 7) is 6.45. The highest BCUT2D eigenvalue weighted by molar-refractivity contribution is 7.94. The van der Waals surface area contributed by atoms with Crippen LogP contribution in [0.4, 0.5) is 4.79 Å². The molecule has 20 heavy (non-hydrogen) atoms. The number of nitrogens with one attached hydrogen (secondary N) is 1. The van der Waals surface area contributed by atoms with Crippen LogP contribution in [0.1, 0.15) is 20.3 Å². The van der Waals surface area contributed by atoms with Gasteiger partial charge in [0.25, 0.3) is 0 Å². The summed E-state index contributed by atoms with van der Waals surface area (Å²) in [5.74, 6) is -1.83. The molecule has 0 radical (unpaired) electrons. The smallest absolute Gasteiger partial charge is 0.407 e. The molecule has 1 rings (SSSR count). The van der Waals surface area contributed by atoms with Crippen LogP contribution in [-0.2, 0) is 19.4 Å². The summed E-state index contributed by atoms with van der Waals surface area (Å²) in [4.78, 5) is 22.3. The Kier molecular flexibility index (Phi) is 4.80. The summed E-state index contributed by atoms with van der Waals surface area (Å²) in [5, 5.41) is 10.0. The zero-order chi connectivity index (χ0) is 15.6. The lowest BCUT2D eigenvalue weighted by atomic mass is 9.91. The number of hydrogen-bond acceptors (Lipinski definition) is 5. The predicted octanol–water partition coefficient (Wildman–Crippen LogP) is 0.565. The number of carbonyl (C=O) groups excluding carboxylic acids is 1. The molecule has 0 aromatic heterocycles. The van der Waals surface area contributed by atoms with Crippen molar-refractivity contribution >= 4 is 21.9 Å². The molecule has 1 heterocycles. The highest BCUT2D eigenvalue weighted by Gasteiger charge is 2.56. The van der Waals surface area contributed by atoms with E-state index in [0.717, 1.165) is 0 Å². The number of sulfone groups is 1. The highest BCUT2D eigenvalue weighted by atomic mass is 32.2. The Bertz CT molecular complexity index is 510. The minimum absolute atomic E-state index is 0.0214. The maximum Gasteiger partial charge on any atom is 0.407 e. The lowest BCUT2D eigenvalue weighted by Crippen LogP contribution is -2.41. The van der Waals surface area contributed by atoms with E-state index in [1.165, 1.54) is 19.9 Å². The topological polar surface area (TPSA) is 110 Å². The largest absolute Gasteiger partial charge is 0.480 e. The van der Waals surface area contributed by atoms with Gasteiger partial charge in [0.2, 0.25) is 0 Å². The van der Waals surface area contributed by atoms with Gasteiger partial charge in [-0.15, -0.1) is 0 Å². The minimum atomic E-state index is -3.79. The van der Waals surface area contributed by atoms with E-state index >= 15 is 0 Å². The third kappa shape index (κ3) is 2.95. The number of alkyl carbamates (subject to hydrolysis) is 1. The van der Waals surface area contributed by atoms with E-state index in [1.807, 2.05) is 0 Å². The molecular formula is C12H19NO6S. The van der Waals surface area contributed by atoms with Crippen LogP contribution in [0.5, 0.6) is 0 Å². The number of amides is 1. The molecule has 0 spiro atoms. The number of rotatable bonds is 5. The molecule has 1 amide bonds. The van der Waals surface area contributed by atoms with Gasteiger partial charge in [-0.3, -0.25) is 4.79 Å². The number of carboxylic acids is 1. The first kappa shape index (κ1) is 16.5. The molecule has 0 aliphatic carbocycles. The van der Waals surface area contributed by atoms with Crippen LogP contribution >= 0.6 is 0 Å². The second-order valence-electron chi connectivity index (χ2n) is 5.18. The van der Waals surface area contributed by atoms with Gasteiger partial charge in [-0.25, -0.2) is 13.2 Å². The van der Waals surface area contributed by atoms with Crippen molar-refractivity contribution in [3.63, 3.8) is 0 Å². The van der Waals surface area contributed by atoms with Crippen LogP contribution in [-0.4, -0.2) is 48.7 Å². The number of aliphatic carboxylic acids is 1. The Labute approximate surface area is 117 Å². The maximum absolute atomic E-state index is 12.1. The SMILES string of the molecule is C=CCOC(=O)NCC1CC(C(=O)O)S(=O)(=O)C1(C)C. The summed E-state index contributed by atoms with van der Waals surface area (Å²) in [6.07, 6.45) is 0.702. The lowest BCUT2D eigenvalue weighted by molar-refractivity contribution is -0.136. The Balaban J connectivity index is 2.75. The molecule has 114 valence electrons. The first-order valence-corrected chi connectivity index (χ1v) is 7.67. The van der Waals surface area contributed by atoms with Gasteiger partial charge in [0.1, 0.15) is 6.61 Å². The van der Waals surface area contributed by atoms with Crippen molar-refractivity contribution in [3.8, 4) is 0 Å². The van der Waals surface area contributed by atoms with Crippen molar-refractivity contribution in [2.45, 2.75) is 30.3 Å². The summed E-state index contributed by atoms with van der Waals surface area (Å²) in [5.41, 5.74) is 0. The third-order valence-corrected chi connectivity index (χ3v) is 6.63. The van der Waals surface area contributed by atoms with Crippen LogP contribution in [0, 0.1) is 5.92 Å². The Morgan fingerprint density at radius 3 is 2.55 bits per heavy atom. The summed E-state index contributed by atoms with van der Waals surface area (Å²) in [6, 6.07) is 0. The van der Waals surface area contributed by atoms with Gasteiger partial charge in [-0.1, -0.05) is 12.7 Å². The summed E-state index contributed by atoms with van der Waals surface area (Å²) < 4.78 is 27.8. The molecule has 2 atom stereocenters. The third-order valence-electron chi connectivity index (χ3n) is 3.69. The van der Waals surface area contributed by atoms with Crippen molar-refractivity contribution in [2.75, 3.05) is 13.2 Å². The lowest BCUT2D eigenvalue weighted by Gasteiger charge is -2.25. The van der Waals surface area contributed by atoms with Gasteiger partial charge in [-0.05, 0) is 26.2 Å². The maximum atomic E-state index is 12.1. The number of hydrogen-bond donors (Lipinski definition) is 2. The molecule has 0 aromatic rings. The van der Waals surface area contributed by atoms with Crippen molar-refractivity contribution < 1.29 is 27.9 Å². The first-order chi connectivity index (χ1) is 9.14. The van der Waals surface area contributed by atoms with Gasteiger partial charge in [0, 0.05) is 6.54 Å². The molecule has 1 saturated heterocycles. The normalized spacial score (nSPS) is 26.7. The van der Waals surface area contributed by atoms with E-state index in [2.05, 4.69) is 11.9 Å². The van der Waals surface area contributed by atoms with Crippen molar-refractivity contribution in [3.05, 3.63) is 12.7 Å². The molecule has 1 aliphatic rings. The zero-order valence-corrected chi connectivity index (χ0v) is 12.3. The van der Waals surface area contributed by atoms with E-state index < -0.39 is 37.8 Å². The monoisotopic (exact) mass is 305 g/mol. The average molecular weight is 305 g/mol. The second-order valence-corrected chi connectivity index (χ2v) is 7.89. The Hall–Kier alpha value is -1.57. The van der Waals surface area contributed by atoms with Gasteiger partial charge in [0.05, 0.1) is 4.75 Å². The predicted molar refractivity (Wildman–Crippen MR) is 72.1 cm³/mol. The molecule has 2 unspecified atom stereocenters. The fourth-order valence-electron chi connectivity index (χ4n) is 2.22. The quantitative estimate of drug-likeness (QED) is 0.718. The molecule has 1 aliphatic heterocycles. The molecular weight excluding hydrogens is 286 g/mol. The first-order valence-electron chi connectivity index (χ1n) is 6.12. The van der Waals surface area contributed by atoms with Crippen LogP contribution in [0.15, 0.2) is 12.7 Å². The molecule has 2 N–H and O–H groups in total. The van der Waals surface area contributed by atoms with E-state index in [0.29, 0.717) is 0 Å². The van der Waals surface area contributed by atoms with Crippen LogP contribution in [0.3, 0.4) is 0 Å². The van der Waals surface area contributed by atoms with Crippen LogP contribution in [0.25, 0.3) is 0 Å². The molecule has 0 aromatic carbocycles. The molecule has 8 heteroatoms. The van der Waals surface area contributed by atoms with Crippen molar-refractivity contribution in [1.82, 2.24) is 5.32 Å². The molecule has 1 fully saturated rings. The van der Waals surface area contributed by atoms with E-state index in [-0.39, 0.29) is 19.6 Å². The van der Waals surface area contributed by atoms with E-state index in [9.17, 15) is 18.0 Å². The highest BCUT2D eigenvalue weighted by Crippen LogP contribution is 2.41. The summed E-state index contributed by atoms with van der Waals surface area (Å²) >= 11 is 0. The zero-order valence-electron chi connectivity index (χ0n) is 11.5. The fourth-order valence-corrected chi connectivity index (χ4v) is 4.35. The number of ether oxygens (including phenoxy) is 1. The van der Waals surface area contributed by atoms with Crippen LogP contribution < -0.4 is 5.32 Å². The standard InChI is InChI=1S/C12H19NO6S/c1-4-5-19-11(16)13-7-8-6-9(10(14)15)20(17,18)12(8,2)3/h4,8-9H,1,5-7H2,2-3H3,(H,13,16)(H,14,15). The Morgan fingerprint density at radius 2 is 2.10 bits per heavy atom. The van der Waals surface area contributed by atoms with Crippen molar-refractivity contribution in [1.29, 1.82) is 0 Å². The fraction of sp³-hybridized carbons (Fsp3) is 0.667. The average Bonchev–Trinajstić information content (AvgIpc) is 2.52. The van der Waals surface area contributed by atoms with Gasteiger partial charge in [-0.2, -0.15) is 0 Å². The van der Waals surface area contributed by atoms with Gasteiger partial charge in [0.15, 0.2) is 15.1 Å². The van der Waals surface area contributed by atoms with Crippen LogP contribution in [0.2, 0.25) is 0 Å². The molecule has 0 saturated carbocycles. The second kappa shape index (κ2) is 5.82. The van der Waals surface area contributed by atoms with Gasteiger partial charge < -0.3 is 15.2 Å².